The van der Waals surface area contributed by atoms with E-state index in [0.29, 0.717) is 12.5 Å². The van der Waals surface area contributed by atoms with Gasteiger partial charge in [0, 0.05) is 18.9 Å². The SMILES string of the molecule is Cc1ccccc1NC(=O)CNCCC1CCOC1. The minimum absolute atomic E-state index is 0.0111. The monoisotopic (exact) mass is 262 g/mol. The topological polar surface area (TPSA) is 50.4 Å². The van der Waals surface area contributed by atoms with E-state index in [1.54, 1.807) is 0 Å². The van der Waals surface area contributed by atoms with E-state index in [1.807, 2.05) is 31.2 Å². The Morgan fingerprint density at radius 3 is 3.00 bits per heavy atom. The molecule has 1 aromatic rings. The number of aryl methyl sites for hydroxylation is 1. The fourth-order valence-corrected chi connectivity index (χ4v) is 2.23. The minimum atomic E-state index is 0.0111. The number of benzene rings is 1. The summed E-state index contributed by atoms with van der Waals surface area (Å²) in [7, 11) is 0. The lowest BCUT2D eigenvalue weighted by Gasteiger charge is -2.10. The normalized spacial score (nSPS) is 18.5. The first kappa shape index (κ1) is 14.0. The van der Waals surface area contributed by atoms with Gasteiger partial charge in [0.25, 0.3) is 0 Å². The zero-order valence-corrected chi connectivity index (χ0v) is 11.4. The van der Waals surface area contributed by atoms with Crippen molar-refractivity contribution in [2.24, 2.45) is 5.92 Å². The van der Waals surface area contributed by atoms with Crippen molar-refractivity contribution < 1.29 is 9.53 Å². The van der Waals surface area contributed by atoms with Crippen molar-refractivity contribution in [3.05, 3.63) is 29.8 Å². The average molecular weight is 262 g/mol. The molecular weight excluding hydrogens is 240 g/mol. The Bertz CT molecular complexity index is 414. The van der Waals surface area contributed by atoms with E-state index in [-0.39, 0.29) is 5.91 Å². The number of nitrogens with one attached hydrogen (secondary N) is 2. The minimum Gasteiger partial charge on any atom is -0.381 e. The first-order chi connectivity index (χ1) is 9.25. The Balaban J connectivity index is 1.63. The fourth-order valence-electron chi connectivity index (χ4n) is 2.23. The highest BCUT2D eigenvalue weighted by atomic mass is 16.5. The third-order valence-electron chi connectivity index (χ3n) is 3.46. The van der Waals surface area contributed by atoms with Gasteiger partial charge < -0.3 is 15.4 Å². The molecule has 1 aromatic carbocycles. The van der Waals surface area contributed by atoms with Gasteiger partial charge in [-0.2, -0.15) is 0 Å². The molecule has 1 amide bonds. The van der Waals surface area contributed by atoms with Crippen molar-refractivity contribution in [3.63, 3.8) is 0 Å². The predicted molar refractivity (Wildman–Crippen MR) is 76.2 cm³/mol. The van der Waals surface area contributed by atoms with Crippen molar-refractivity contribution in [2.75, 3.05) is 31.6 Å². The Morgan fingerprint density at radius 2 is 2.26 bits per heavy atom. The van der Waals surface area contributed by atoms with E-state index >= 15 is 0 Å². The third-order valence-corrected chi connectivity index (χ3v) is 3.46. The molecule has 0 spiro atoms. The van der Waals surface area contributed by atoms with E-state index < -0.39 is 0 Å². The maximum Gasteiger partial charge on any atom is 0.238 e. The van der Waals surface area contributed by atoms with E-state index in [1.165, 1.54) is 0 Å². The number of carbonyl (C=O) groups is 1. The molecule has 1 aliphatic heterocycles. The van der Waals surface area contributed by atoms with Crippen LogP contribution in [0, 0.1) is 12.8 Å². The van der Waals surface area contributed by atoms with Gasteiger partial charge in [-0.25, -0.2) is 0 Å². The van der Waals surface area contributed by atoms with Gasteiger partial charge in [-0.3, -0.25) is 4.79 Å². The summed E-state index contributed by atoms with van der Waals surface area (Å²) in [4.78, 5) is 11.8. The molecule has 1 saturated heterocycles. The summed E-state index contributed by atoms with van der Waals surface area (Å²) >= 11 is 0. The van der Waals surface area contributed by atoms with Crippen LogP contribution < -0.4 is 10.6 Å². The zero-order valence-electron chi connectivity index (χ0n) is 11.4. The van der Waals surface area contributed by atoms with Crippen LogP contribution >= 0.6 is 0 Å². The first-order valence-electron chi connectivity index (χ1n) is 6.89. The Hall–Kier alpha value is -1.39. The summed E-state index contributed by atoms with van der Waals surface area (Å²) in [6.07, 6.45) is 2.23. The lowest BCUT2D eigenvalue weighted by Crippen LogP contribution is -2.29. The van der Waals surface area contributed by atoms with Crippen LogP contribution in [0.4, 0.5) is 5.69 Å². The van der Waals surface area contributed by atoms with E-state index in [0.717, 1.165) is 43.9 Å². The summed E-state index contributed by atoms with van der Waals surface area (Å²) in [5.41, 5.74) is 1.97. The van der Waals surface area contributed by atoms with Gasteiger partial charge in [0.2, 0.25) is 5.91 Å². The van der Waals surface area contributed by atoms with Crippen molar-refractivity contribution in [1.29, 1.82) is 0 Å². The number of para-hydroxylation sites is 1. The van der Waals surface area contributed by atoms with Gasteiger partial charge in [0.05, 0.1) is 6.54 Å². The zero-order chi connectivity index (χ0) is 13.5. The van der Waals surface area contributed by atoms with Crippen molar-refractivity contribution in [3.8, 4) is 0 Å². The summed E-state index contributed by atoms with van der Waals surface area (Å²) in [6.45, 7) is 4.98. The molecule has 0 radical (unpaired) electrons. The number of hydrogen-bond donors (Lipinski definition) is 2. The number of anilines is 1. The molecule has 0 aliphatic carbocycles. The molecule has 104 valence electrons. The van der Waals surface area contributed by atoms with E-state index in [9.17, 15) is 4.79 Å². The molecule has 4 heteroatoms. The molecule has 1 heterocycles. The molecule has 4 nitrogen and oxygen atoms in total. The number of amides is 1. The van der Waals surface area contributed by atoms with Crippen molar-refractivity contribution in [2.45, 2.75) is 19.8 Å². The van der Waals surface area contributed by atoms with E-state index in [2.05, 4.69) is 10.6 Å². The number of rotatable bonds is 6. The Kier molecular flexibility index (Phi) is 5.36. The second kappa shape index (κ2) is 7.26. The van der Waals surface area contributed by atoms with Gasteiger partial charge in [0.1, 0.15) is 0 Å². The average Bonchev–Trinajstić information content (AvgIpc) is 2.91. The molecule has 2 N–H and O–H groups in total. The highest BCUT2D eigenvalue weighted by Gasteiger charge is 2.14. The molecule has 19 heavy (non-hydrogen) atoms. The molecule has 0 bridgehead atoms. The van der Waals surface area contributed by atoms with Crippen molar-refractivity contribution in [1.82, 2.24) is 5.32 Å². The second-order valence-electron chi connectivity index (χ2n) is 5.06. The molecular formula is C15H22N2O2. The maximum absolute atomic E-state index is 11.8. The molecule has 0 aromatic heterocycles. The third kappa shape index (κ3) is 4.65. The number of hydrogen-bond acceptors (Lipinski definition) is 3. The summed E-state index contributed by atoms with van der Waals surface area (Å²) in [5.74, 6) is 0.670. The van der Waals surface area contributed by atoms with Crippen LogP contribution in [0.15, 0.2) is 24.3 Å². The smallest absolute Gasteiger partial charge is 0.238 e. The molecule has 1 fully saturated rings. The maximum atomic E-state index is 11.8. The van der Waals surface area contributed by atoms with Crippen LogP contribution in [-0.2, 0) is 9.53 Å². The van der Waals surface area contributed by atoms with Crippen LogP contribution in [0.5, 0.6) is 0 Å². The van der Waals surface area contributed by atoms with Gasteiger partial charge in [-0.1, -0.05) is 18.2 Å². The van der Waals surface area contributed by atoms with Crippen molar-refractivity contribution >= 4 is 11.6 Å². The van der Waals surface area contributed by atoms with Gasteiger partial charge in [-0.15, -0.1) is 0 Å². The number of carbonyl (C=O) groups excluding carboxylic acids is 1. The number of ether oxygens (including phenoxy) is 1. The molecule has 1 atom stereocenters. The van der Waals surface area contributed by atoms with Gasteiger partial charge >= 0.3 is 0 Å². The van der Waals surface area contributed by atoms with Crippen LogP contribution in [-0.4, -0.2) is 32.2 Å². The summed E-state index contributed by atoms with van der Waals surface area (Å²) in [6, 6.07) is 7.80. The second-order valence-corrected chi connectivity index (χ2v) is 5.06. The lowest BCUT2D eigenvalue weighted by atomic mass is 10.1. The Labute approximate surface area is 114 Å². The summed E-state index contributed by atoms with van der Waals surface area (Å²) in [5, 5.41) is 6.10. The van der Waals surface area contributed by atoms with E-state index in [4.69, 9.17) is 4.74 Å². The molecule has 1 unspecified atom stereocenters. The highest BCUT2D eigenvalue weighted by molar-refractivity contribution is 5.92. The molecule has 2 rings (SSSR count). The summed E-state index contributed by atoms with van der Waals surface area (Å²) < 4.78 is 5.32. The van der Waals surface area contributed by atoms with Crippen LogP contribution in [0.3, 0.4) is 0 Å². The molecule has 0 saturated carbocycles. The quantitative estimate of drug-likeness (QED) is 0.770. The van der Waals surface area contributed by atoms with Crippen LogP contribution in [0.1, 0.15) is 18.4 Å². The first-order valence-corrected chi connectivity index (χ1v) is 6.89. The molecule has 1 aliphatic rings. The van der Waals surface area contributed by atoms with Gasteiger partial charge in [-0.05, 0) is 43.9 Å². The lowest BCUT2D eigenvalue weighted by molar-refractivity contribution is -0.115. The largest absolute Gasteiger partial charge is 0.381 e. The van der Waals surface area contributed by atoms with Crippen LogP contribution in [0.2, 0.25) is 0 Å². The van der Waals surface area contributed by atoms with Crippen LogP contribution in [0.25, 0.3) is 0 Å². The predicted octanol–water partition coefficient (Wildman–Crippen LogP) is 1.95. The standard InChI is InChI=1S/C15H22N2O2/c1-12-4-2-3-5-14(12)17-15(18)10-16-8-6-13-7-9-19-11-13/h2-5,13,16H,6-11H2,1H3,(H,17,18). The Morgan fingerprint density at radius 1 is 1.42 bits per heavy atom. The fraction of sp³-hybridized carbons (Fsp3) is 0.533. The highest BCUT2D eigenvalue weighted by Crippen LogP contribution is 2.15. The van der Waals surface area contributed by atoms with Gasteiger partial charge in [0.15, 0.2) is 0 Å².